The van der Waals surface area contributed by atoms with Gasteiger partial charge in [0.05, 0.1) is 11.3 Å². The lowest BCUT2D eigenvalue weighted by Gasteiger charge is -2.06. The summed E-state index contributed by atoms with van der Waals surface area (Å²) in [5.41, 5.74) is 2.73. The number of hydrogen-bond donors (Lipinski definition) is 0. The molecule has 1 nitrogen and oxygen atoms in total. The molecular formula is C22H16F3N. The number of halogens is 3. The van der Waals surface area contributed by atoms with Gasteiger partial charge in [-0.1, -0.05) is 72.8 Å². The third kappa shape index (κ3) is 4.48. The zero-order valence-electron chi connectivity index (χ0n) is 13.8. The summed E-state index contributed by atoms with van der Waals surface area (Å²) < 4.78 is 37.8. The minimum absolute atomic E-state index is 0.655. The van der Waals surface area contributed by atoms with E-state index in [0.29, 0.717) is 5.56 Å². The lowest BCUT2D eigenvalue weighted by molar-refractivity contribution is -0.137. The van der Waals surface area contributed by atoms with E-state index in [1.54, 1.807) is 12.3 Å². The predicted molar refractivity (Wildman–Crippen MR) is 99.0 cm³/mol. The number of nitrogens with zero attached hydrogens (tertiary/aromatic N) is 1. The van der Waals surface area contributed by atoms with E-state index in [1.165, 1.54) is 12.1 Å². The van der Waals surface area contributed by atoms with Crippen molar-refractivity contribution in [3.05, 3.63) is 113 Å². The molecule has 26 heavy (non-hydrogen) atoms. The first-order chi connectivity index (χ1) is 12.5. The molecular weight excluding hydrogens is 335 g/mol. The molecule has 3 aromatic rings. The van der Waals surface area contributed by atoms with Crippen molar-refractivity contribution < 1.29 is 13.2 Å². The average Bonchev–Trinajstić information content (AvgIpc) is 2.66. The Labute approximate surface area is 150 Å². The van der Waals surface area contributed by atoms with E-state index in [-0.39, 0.29) is 0 Å². The van der Waals surface area contributed by atoms with Crippen LogP contribution in [-0.2, 0) is 6.18 Å². The minimum atomic E-state index is -4.33. The van der Waals surface area contributed by atoms with Gasteiger partial charge in [-0.25, -0.2) is 0 Å². The summed E-state index contributed by atoms with van der Waals surface area (Å²) >= 11 is 0. The highest BCUT2D eigenvalue weighted by molar-refractivity contribution is 6.13. The van der Waals surface area contributed by atoms with Crippen molar-refractivity contribution in [2.75, 3.05) is 0 Å². The molecule has 0 fully saturated rings. The van der Waals surface area contributed by atoms with Crippen molar-refractivity contribution >= 4 is 11.8 Å². The third-order valence-electron chi connectivity index (χ3n) is 3.80. The maximum Gasteiger partial charge on any atom is 0.416 e. The van der Waals surface area contributed by atoms with E-state index in [9.17, 15) is 13.2 Å². The summed E-state index contributed by atoms with van der Waals surface area (Å²) in [4.78, 5) is 4.54. The van der Waals surface area contributed by atoms with Crippen LogP contribution in [-0.4, -0.2) is 5.71 Å². The SMILES string of the molecule is FC(F)(F)c1ccc(/C=C/N=C(c2ccccc2)c2ccccc2)cc1. The maximum absolute atomic E-state index is 12.6. The fourth-order valence-electron chi connectivity index (χ4n) is 2.49. The second kappa shape index (κ2) is 7.83. The van der Waals surface area contributed by atoms with Gasteiger partial charge in [0.2, 0.25) is 0 Å². The van der Waals surface area contributed by atoms with E-state index in [4.69, 9.17) is 0 Å². The van der Waals surface area contributed by atoms with Crippen LogP contribution in [0.3, 0.4) is 0 Å². The van der Waals surface area contributed by atoms with E-state index in [0.717, 1.165) is 29.0 Å². The van der Waals surface area contributed by atoms with Gasteiger partial charge >= 0.3 is 6.18 Å². The standard InChI is InChI=1S/C22H16F3N/c23-22(24,25)20-13-11-17(12-14-20)15-16-26-21(18-7-3-1-4-8-18)19-9-5-2-6-10-19/h1-16H/b16-15+. The molecule has 0 aliphatic rings. The molecule has 0 N–H and O–H groups in total. The Balaban J connectivity index is 1.88. The number of hydrogen-bond acceptors (Lipinski definition) is 1. The van der Waals surface area contributed by atoms with Gasteiger partial charge in [-0.2, -0.15) is 13.2 Å². The van der Waals surface area contributed by atoms with Crippen molar-refractivity contribution in [1.29, 1.82) is 0 Å². The fourth-order valence-corrected chi connectivity index (χ4v) is 2.49. The first kappa shape index (κ1) is 17.7. The summed E-state index contributed by atoms with van der Waals surface area (Å²) in [5, 5.41) is 0. The van der Waals surface area contributed by atoms with Crippen molar-refractivity contribution in [1.82, 2.24) is 0 Å². The summed E-state index contributed by atoms with van der Waals surface area (Å²) in [6.07, 6.45) is -1.03. The molecule has 0 amide bonds. The van der Waals surface area contributed by atoms with Gasteiger partial charge in [-0.05, 0) is 23.8 Å². The molecule has 0 aliphatic carbocycles. The van der Waals surface area contributed by atoms with Crippen molar-refractivity contribution in [3.8, 4) is 0 Å². The summed E-state index contributed by atoms with van der Waals surface area (Å²) in [5.74, 6) is 0. The normalized spacial score (nSPS) is 11.5. The molecule has 130 valence electrons. The Morgan fingerprint density at radius 1 is 0.692 bits per heavy atom. The molecule has 0 unspecified atom stereocenters. The molecule has 0 spiro atoms. The molecule has 0 aliphatic heterocycles. The zero-order valence-corrected chi connectivity index (χ0v) is 13.8. The highest BCUT2D eigenvalue weighted by Gasteiger charge is 2.29. The van der Waals surface area contributed by atoms with Crippen LogP contribution in [0.5, 0.6) is 0 Å². The van der Waals surface area contributed by atoms with E-state index < -0.39 is 11.7 Å². The van der Waals surface area contributed by atoms with Gasteiger partial charge in [-0.15, -0.1) is 0 Å². The van der Waals surface area contributed by atoms with Gasteiger partial charge in [0, 0.05) is 17.3 Å². The van der Waals surface area contributed by atoms with Crippen LogP contribution in [0.2, 0.25) is 0 Å². The number of rotatable bonds is 4. The van der Waals surface area contributed by atoms with E-state index >= 15 is 0 Å². The molecule has 0 bridgehead atoms. The fraction of sp³-hybridized carbons (Fsp3) is 0.0455. The number of alkyl halides is 3. The van der Waals surface area contributed by atoms with Crippen molar-refractivity contribution in [2.45, 2.75) is 6.18 Å². The van der Waals surface area contributed by atoms with Crippen molar-refractivity contribution in [3.63, 3.8) is 0 Å². The van der Waals surface area contributed by atoms with E-state index in [1.807, 2.05) is 60.7 Å². The second-order valence-electron chi connectivity index (χ2n) is 5.65. The summed E-state index contributed by atoms with van der Waals surface area (Å²) in [6, 6.07) is 24.5. The maximum atomic E-state index is 12.6. The molecule has 0 heterocycles. The Morgan fingerprint density at radius 3 is 1.65 bits per heavy atom. The second-order valence-corrected chi connectivity index (χ2v) is 5.65. The Morgan fingerprint density at radius 2 is 1.19 bits per heavy atom. The van der Waals surface area contributed by atoms with Crippen LogP contribution in [0.15, 0.2) is 96.1 Å². The smallest absolute Gasteiger partial charge is 0.256 e. The van der Waals surface area contributed by atoms with Crippen LogP contribution in [0.1, 0.15) is 22.3 Å². The van der Waals surface area contributed by atoms with Gasteiger partial charge in [-0.3, -0.25) is 4.99 Å². The predicted octanol–water partition coefficient (Wildman–Crippen LogP) is 6.21. The molecule has 0 saturated heterocycles. The molecule has 0 aromatic heterocycles. The van der Waals surface area contributed by atoms with Crippen LogP contribution < -0.4 is 0 Å². The number of benzene rings is 3. The molecule has 0 atom stereocenters. The molecule has 3 aromatic carbocycles. The zero-order chi connectivity index (χ0) is 18.4. The first-order valence-electron chi connectivity index (χ1n) is 8.06. The van der Waals surface area contributed by atoms with Gasteiger partial charge in [0.1, 0.15) is 0 Å². The highest BCUT2D eigenvalue weighted by atomic mass is 19.4. The molecule has 0 saturated carbocycles. The highest BCUT2D eigenvalue weighted by Crippen LogP contribution is 2.29. The van der Waals surface area contributed by atoms with Crippen LogP contribution in [0, 0.1) is 0 Å². The largest absolute Gasteiger partial charge is 0.416 e. The summed E-state index contributed by atoms with van der Waals surface area (Å²) in [6.45, 7) is 0. The number of aliphatic imine (C=N–C) groups is 1. The van der Waals surface area contributed by atoms with Crippen molar-refractivity contribution in [2.24, 2.45) is 4.99 Å². The third-order valence-corrected chi connectivity index (χ3v) is 3.80. The monoisotopic (exact) mass is 351 g/mol. The quantitative estimate of drug-likeness (QED) is 0.495. The summed E-state index contributed by atoms with van der Waals surface area (Å²) in [7, 11) is 0. The van der Waals surface area contributed by atoms with Crippen LogP contribution in [0.25, 0.3) is 6.08 Å². The topological polar surface area (TPSA) is 12.4 Å². The van der Waals surface area contributed by atoms with Crippen LogP contribution in [0.4, 0.5) is 13.2 Å². The Bertz CT molecular complexity index is 852. The van der Waals surface area contributed by atoms with Gasteiger partial charge in [0.25, 0.3) is 0 Å². The molecule has 0 radical (unpaired) electrons. The Kier molecular flexibility index (Phi) is 5.32. The average molecular weight is 351 g/mol. The van der Waals surface area contributed by atoms with Gasteiger partial charge in [0.15, 0.2) is 0 Å². The lowest BCUT2D eigenvalue weighted by Crippen LogP contribution is -2.04. The van der Waals surface area contributed by atoms with Crippen LogP contribution >= 0.6 is 0 Å². The first-order valence-corrected chi connectivity index (χ1v) is 8.06. The Hall–Kier alpha value is -3.14. The molecule has 4 heteroatoms. The molecule has 3 rings (SSSR count). The van der Waals surface area contributed by atoms with E-state index in [2.05, 4.69) is 4.99 Å². The minimum Gasteiger partial charge on any atom is -0.256 e. The van der Waals surface area contributed by atoms with Gasteiger partial charge < -0.3 is 0 Å². The lowest BCUT2D eigenvalue weighted by atomic mass is 10.0.